The Bertz CT molecular complexity index is 366. The number of hydrogen-bond donors (Lipinski definition) is 0. The van der Waals surface area contributed by atoms with Crippen molar-refractivity contribution in [2.45, 2.75) is 95.9 Å². The maximum atomic E-state index is 2.87. The molecular weight excluding hydrogens is 244 g/mol. The Morgan fingerprint density at radius 2 is 1.75 bits per heavy atom. The van der Waals surface area contributed by atoms with Crippen LogP contribution in [0, 0.1) is 11.8 Å². The van der Waals surface area contributed by atoms with Crippen LogP contribution in [0.5, 0.6) is 0 Å². The summed E-state index contributed by atoms with van der Waals surface area (Å²) in [6.45, 7) is 8.74. The molecule has 4 aliphatic rings. The largest absolute Gasteiger partial charge is 0.297 e. The van der Waals surface area contributed by atoms with Gasteiger partial charge >= 0.3 is 0 Å². The van der Waals surface area contributed by atoms with Gasteiger partial charge in [0.25, 0.3) is 0 Å². The molecule has 0 radical (unpaired) electrons. The van der Waals surface area contributed by atoms with Gasteiger partial charge in [-0.25, -0.2) is 0 Å². The van der Waals surface area contributed by atoms with E-state index in [1.807, 2.05) is 0 Å². The number of hydrogen-bond acceptors (Lipinski definition) is 2. The van der Waals surface area contributed by atoms with Gasteiger partial charge in [0.2, 0.25) is 0 Å². The molecule has 0 amide bonds. The number of rotatable bonds is 4. The Morgan fingerprint density at radius 1 is 0.950 bits per heavy atom. The third kappa shape index (κ3) is 2.06. The van der Waals surface area contributed by atoms with Gasteiger partial charge in [-0.3, -0.25) is 9.80 Å². The van der Waals surface area contributed by atoms with E-state index in [1.54, 1.807) is 0 Å². The first kappa shape index (κ1) is 13.6. The van der Waals surface area contributed by atoms with E-state index in [4.69, 9.17) is 0 Å². The van der Waals surface area contributed by atoms with E-state index in [1.165, 1.54) is 51.5 Å². The smallest absolute Gasteiger partial charge is 0.0131 e. The minimum atomic E-state index is 0.760. The molecule has 4 rings (SSSR count). The fraction of sp³-hybridized carbons (Fsp3) is 1.00. The first-order valence-corrected chi connectivity index (χ1v) is 9.16. The zero-order valence-corrected chi connectivity index (χ0v) is 13.6. The topological polar surface area (TPSA) is 6.48 Å². The van der Waals surface area contributed by atoms with Crippen LogP contribution < -0.4 is 0 Å². The molecule has 114 valence electrons. The summed E-state index contributed by atoms with van der Waals surface area (Å²) in [5.41, 5.74) is 0. The molecule has 3 saturated heterocycles. The lowest BCUT2D eigenvalue weighted by Crippen LogP contribution is -2.42. The van der Waals surface area contributed by atoms with E-state index in [2.05, 4.69) is 30.6 Å². The van der Waals surface area contributed by atoms with E-state index in [-0.39, 0.29) is 0 Å². The summed E-state index contributed by atoms with van der Waals surface area (Å²) in [5.74, 6) is 2.04. The quantitative estimate of drug-likeness (QED) is 0.775. The Morgan fingerprint density at radius 3 is 2.35 bits per heavy atom. The Hall–Kier alpha value is -0.0800. The minimum Gasteiger partial charge on any atom is -0.297 e. The second-order valence-electron chi connectivity index (χ2n) is 8.45. The Balaban J connectivity index is 1.38. The van der Waals surface area contributed by atoms with Crippen molar-refractivity contribution in [3.05, 3.63) is 0 Å². The molecule has 2 nitrogen and oxygen atoms in total. The molecule has 0 N–H and O–H groups in total. The summed E-state index contributed by atoms with van der Waals surface area (Å²) >= 11 is 0. The molecule has 4 fully saturated rings. The maximum Gasteiger partial charge on any atom is 0.0131 e. The molecule has 3 heterocycles. The highest BCUT2D eigenvalue weighted by Crippen LogP contribution is 2.46. The molecule has 20 heavy (non-hydrogen) atoms. The number of fused-ring (bicyclic) bond motifs is 4. The fourth-order valence-electron chi connectivity index (χ4n) is 6.29. The van der Waals surface area contributed by atoms with Gasteiger partial charge in [0, 0.05) is 36.8 Å². The van der Waals surface area contributed by atoms with E-state index in [0.29, 0.717) is 0 Å². The molecule has 0 aromatic carbocycles. The molecular formula is C18H32N2. The standard InChI is InChI=1S/C18H32N2/c1-12(2)20-17-6-7-18(20)15(10-17)8-13(3)19-11-14-4-5-16(19)9-14/h12-18H,4-11H2,1-3H3. The van der Waals surface area contributed by atoms with Gasteiger partial charge in [-0.2, -0.15) is 0 Å². The average molecular weight is 276 g/mol. The van der Waals surface area contributed by atoms with E-state index < -0.39 is 0 Å². The number of nitrogens with zero attached hydrogens (tertiary/aromatic N) is 2. The maximum absolute atomic E-state index is 2.87. The molecule has 6 atom stereocenters. The van der Waals surface area contributed by atoms with Crippen molar-refractivity contribution < 1.29 is 0 Å². The monoisotopic (exact) mass is 276 g/mol. The molecule has 0 spiro atoms. The van der Waals surface area contributed by atoms with Gasteiger partial charge in [-0.05, 0) is 77.6 Å². The van der Waals surface area contributed by atoms with Crippen LogP contribution in [0.4, 0.5) is 0 Å². The van der Waals surface area contributed by atoms with Crippen LogP contribution in [0.25, 0.3) is 0 Å². The third-order valence-electron chi connectivity index (χ3n) is 6.98. The summed E-state index contributed by atoms with van der Waals surface area (Å²) in [6, 6.07) is 4.39. The molecule has 3 aliphatic heterocycles. The zero-order chi connectivity index (χ0) is 13.9. The molecule has 4 bridgehead atoms. The van der Waals surface area contributed by atoms with Crippen LogP contribution in [0.3, 0.4) is 0 Å². The summed E-state index contributed by atoms with van der Waals surface area (Å²) in [5, 5.41) is 0. The van der Waals surface area contributed by atoms with Gasteiger partial charge in [0.1, 0.15) is 0 Å². The highest BCUT2D eigenvalue weighted by atomic mass is 15.3. The molecule has 0 aromatic heterocycles. The molecule has 6 unspecified atom stereocenters. The van der Waals surface area contributed by atoms with Crippen molar-refractivity contribution in [1.82, 2.24) is 9.80 Å². The zero-order valence-electron chi connectivity index (χ0n) is 13.6. The van der Waals surface area contributed by atoms with Crippen molar-refractivity contribution in [3.8, 4) is 0 Å². The number of piperidine rings is 1. The summed E-state index contributed by atoms with van der Waals surface area (Å²) < 4.78 is 0. The lowest BCUT2D eigenvalue weighted by molar-refractivity contribution is 0.124. The van der Waals surface area contributed by atoms with Gasteiger partial charge in [0.05, 0.1) is 0 Å². The predicted octanol–water partition coefficient (Wildman–Crippen LogP) is 3.51. The summed E-state index contributed by atoms with van der Waals surface area (Å²) in [7, 11) is 0. The highest BCUT2D eigenvalue weighted by Gasteiger charge is 2.48. The predicted molar refractivity (Wildman–Crippen MR) is 83.8 cm³/mol. The van der Waals surface area contributed by atoms with Crippen LogP contribution in [0.15, 0.2) is 0 Å². The van der Waals surface area contributed by atoms with Crippen molar-refractivity contribution in [2.24, 2.45) is 11.8 Å². The normalized spacial score (nSPS) is 45.9. The van der Waals surface area contributed by atoms with Crippen LogP contribution in [-0.2, 0) is 0 Å². The van der Waals surface area contributed by atoms with Crippen molar-refractivity contribution in [3.63, 3.8) is 0 Å². The SMILES string of the molecule is CC(CC1CC2CCC1N2C(C)C)N1CC2CCC1C2. The molecule has 0 aromatic rings. The Labute approximate surface area is 124 Å². The molecule has 1 aliphatic carbocycles. The first-order valence-electron chi connectivity index (χ1n) is 9.16. The summed E-state index contributed by atoms with van der Waals surface area (Å²) in [4.78, 5) is 5.73. The van der Waals surface area contributed by atoms with Crippen molar-refractivity contribution >= 4 is 0 Å². The van der Waals surface area contributed by atoms with Gasteiger partial charge in [-0.15, -0.1) is 0 Å². The summed E-state index contributed by atoms with van der Waals surface area (Å²) in [6.07, 6.45) is 10.4. The first-order chi connectivity index (χ1) is 9.63. The lowest BCUT2D eigenvalue weighted by atomic mass is 9.84. The molecule has 2 heteroatoms. The van der Waals surface area contributed by atoms with Gasteiger partial charge in [-0.1, -0.05) is 0 Å². The second-order valence-corrected chi connectivity index (χ2v) is 8.45. The Kier molecular flexibility index (Phi) is 3.38. The average Bonchev–Trinajstić information content (AvgIpc) is 3.17. The van der Waals surface area contributed by atoms with Crippen LogP contribution in [0.1, 0.15) is 65.7 Å². The fourth-order valence-corrected chi connectivity index (χ4v) is 6.29. The van der Waals surface area contributed by atoms with Crippen LogP contribution in [0.2, 0.25) is 0 Å². The van der Waals surface area contributed by atoms with Crippen LogP contribution in [-0.4, -0.2) is 46.6 Å². The lowest BCUT2D eigenvalue weighted by Gasteiger charge is -2.36. The third-order valence-corrected chi connectivity index (χ3v) is 6.98. The highest BCUT2D eigenvalue weighted by molar-refractivity contribution is 5.03. The molecule has 1 saturated carbocycles. The van der Waals surface area contributed by atoms with E-state index in [9.17, 15) is 0 Å². The minimum absolute atomic E-state index is 0.760. The van der Waals surface area contributed by atoms with E-state index >= 15 is 0 Å². The van der Waals surface area contributed by atoms with Crippen molar-refractivity contribution in [2.75, 3.05) is 6.54 Å². The van der Waals surface area contributed by atoms with Gasteiger partial charge in [0.15, 0.2) is 0 Å². The van der Waals surface area contributed by atoms with Gasteiger partial charge < -0.3 is 0 Å². The van der Waals surface area contributed by atoms with E-state index in [0.717, 1.165) is 42.0 Å². The van der Waals surface area contributed by atoms with Crippen LogP contribution >= 0.6 is 0 Å². The second kappa shape index (κ2) is 4.98. The number of likely N-dealkylation sites (tertiary alicyclic amines) is 1. The van der Waals surface area contributed by atoms with Crippen molar-refractivity contribution in [1.29, 1.82) is 0 Å².